The third-order valence-corrected chi connectivity index (χ3v) is 1.31. The minimum absolute atomic E-state index is 0.0110. The van der Waals surface area contributed by atoms with Crippen LogP contribution in [0.2, 0.25) is 5.15 Å². The molecule has 1 aromatic heterocycles. The summed E-state index contributed by atoms with van der Waals surface area (Å²) in [5.41, 5.74) is 5.35. The zero-order valence-electron chi connectivity index (χ0n) is 6.74. The van der Waals surface area contributed by atoms with Crippen LogP contribution in [0.5, 0.6) is 0 Å². The van der Waals surface area contributed by atoms with Crippen LogP contribution in [0.15, 0.2) is 6.07 Å². The van der Waals surface area contributed by atoms with Crippen molar-refractivity contribution in [1.29, 1.82) is 0 Å². The fourth-order valence-electron chi connectivity index (χ4n) is 0.633. The van der Waals surface area contributed by atoms with E-state index in [9.17, 15) is 4.79 Å². The van der Waals surface area contributed by atoms with Gasteiger partial charge in [-0.1, -0.05) is 11.6 Å². The van der Waals surface area contributed by atoms with Crippen LogP contribution in [0.1, 0.15) is 0 Å². The van der Waals surface area contributed by atoms with Gasteiger partial charge >= 0.3 is 6.09 Å². The highest BCUT2D eigenvalue weighted by molar-refractivity contribution is 6.29. The predicted molar refractivity (Wildman–Crippen MR) is 47.5 cm³/mol. The lowest BCUT2D eigenvalue weighted by atomic mass is 10.6. The number of carbonyl (C=O) groups is 1. The van der Waals surface area contributed by atoms with E-state index in [0.717, 1.165) is 0 Å². The molecule has 1 rings (SSSR count). The van der Waals surface area contributed by atoms with Crippen molar-refractivity contribution in [3.8, 4) is 0 Å². The van der Waals surface area contributed by atoms with E-state index in [4.69, 9.17) is 17.3 Å². The number of amides is 1. The number of methoxy groups -OCH3 is 1. The molecule has 1 heterocycles. The predicted octanol–water partition coefficient (Wildman–Crippen LogP) is 0.890. The molecule has 1 aromatic rings. The highest BCUT2D eigenvalue weighted by Crippen LogP contribution is 2.11. The van der Waals surface area contributed by atoms with Gasteiger partial charge in [-0.2, -0.15) is 4.98 Å². The Morgan fingerprint density at radius 2 is 2.38 bits per heavy atom. The average Bonchev–Trinajstić information content (AvgIpc) is 2.02. The van der Waals surface area contributed by atoms with Gasteiger partial charge in [-0.15, -0.1) is 0 Å². The lowest BCUT2D eigenvalue weighted by molar-refractivity contribution is 0.186. The normalized spacial score (nSPS) is 9.38. The third-order valence-electron chi connectivity index (χ3n) is 1.11. The number of nitrogen functional groups attached to an aromatic ring is 1. The summed E-state index contributed by atoms with van der Waals surface area (Å²) in [6.45, 7) is 0. The number of hydrogen-bond acceptors (Lipinski definition) is 5. The van der Waals surface area contributed by atoms with Crippen molar-refractivity contribution < 1.29 is 9.53 Å². The van der Waals surface area contributed by atoms with E-state index in [1.807, 2.05) is 0 Å². The standard InChI is InChI=1S/C6H7ClN4O2/c1-13-6(12)11-5-9-3(7)2-4(8)10-5/h2H,1H3,(H3,8,9,10,11,12). The number of ether oxygens (including phenoxy) is 1. The van der Waals surface area contributed by atoms with Gasteiger partial charge in [-0.05, 0) is 0 Å². The number of nitrogens with one attached hydrogen (secondary N) is 1. The summed E-state index contributed by atoms with van der Waals surface area (Å²) in [5.74, 6) is 0.184. The second-order valence-electron chi connectivity index (χ2n) is 2.06. The van der Waals surface area contributed by atoms with Crippen LogP contribution in [0.4, 0.5) is 16.6 Å². The van der Waals surface area contributed by atoms with Gasteiger partial charge in [0.1, 0.15) is 11.0 Å². The van der Waals surface area contributed by atoms with Crippen LogP contribution >= 0.6 is 11.6 Å². The second kappa shape index (κ2) is 3.90. The molecule has 0 fully saturated rings. The Kier molecular flexibility index (Phi) is 2.86. The first kappa shape index (κ1) is 9.53. The van der Waals surface area contributed by atoms with Gasteiger partial charge < -0.3 is 10.5 Å². The van der Waals surface area contributed by atoms with Crippen LogP contribution in [-0.4, -0.2) is 23.2 Å². The first-order chi connectivity index (χ1) is 6.11. The average molecular weight is 203 g/mol. The van der Waals surface area contributed by atoms with Crippen molar-refractivity contribution in [3.05, 3.63) is 11.2 Å². The summed E-state index contributed by atoms with van der Waals surface area (Å²) in [6.07, 6.45) is -0.679. The molecule has 70 valence electrons. The van der Waals surface area contributed by atoms with Gasteiger partial charge in [-0.3, -0.25) is 5.32 Å². The molecule has 0 aliphatic carbocycles. The molecular formula is C6H7ClN4O2. The van der Waals surface area contributed by atoms with E-state index in [1.54, 1.807) is 0 Å². The molecule has 13 heavy (non-hydrogen) atoms. The summed E-state index contributed by atoms with van der Waals surface area (Å²) in [4.78, 5) is 18.1. The summed E-state index contributed by atoms with van der Waals surface area (Å²) in [5, 5.41) is 2.38. The molecule has 0 aliphatic heterocycles. The van der Waals surface area contributed by atoms with Crippen molar-refractivity contribution in [3.63, 3.8) is 0 Å². The first-order valence-electron chi connectivity index (χ1n) is 3.27. The Labute approximate surface area is 79.1 Å². The van der Waals surface area contributed by atoms with Gasteiger partial charge in [0.25, 0.3) is 0 Å². The van der Waals surface area contributed by atoms with Crippen LogP contribution in [0.25, 0.3) is 0 Å². The van der Waals surface area contributed by atoms with Crippen LogP contribution in [-0.2, 0) is 4.74 Å². The zero-order chi connectivity index (χ0) is 9.84. The molecule has 7 heteroatoms. The molecule has 0 saturated carbocycles. The molecular weight excluding hydrogens is 196 g/mol. The lowest BCUT2D eigenvalue weighted by Gasteiger charge is -2.02. The molecule has 3 N–H and O–H groups in total. The summed E-state index contributed by atoms with van der Waals surface area (Å²) >= 11 is 5.55. The van der Waals surface area contributed by atoms with Crippen molar-refractivity contribution in [2.75, 3.05) is 18.2 Å². The van der Waals surface area contributed by atoms with Crippen molar-refractivity contribution in [1.82, 2.24) is 9.97 Å². The molecule has 0 unspecified atom stereocenters. The zero-order valence-corrected chi connectivity index (χ0v) is 7.50. The molecule has 6 nitrogen and oxygen atoms in total. The molecule has 1 amide bonds. The highest BCUT2D eigenvalue weighted by atomic mass is 35.5. The van der Waals surface area contributed by atoms with Gasteiger partial charge in [0.2, 0.25) is 5.95 Å². The molecule has 0 atom stereocenters. The van der Waals surface area contributed by atoms with Crippen molar-refractivity contribution >= 4 is 29.5 Å². The monoisotopic (exact) mass is 202 g/mol. The number of hydrogen-bond donors (Lipinski definition) is 2. The number of aromatic nitrogens is 2. The SMILES string of the molecule is COC(=O)Nc1nc(N)cc(Cl)n1. The summed E-state index contributed by atoms with van der Waals surface area (Å²) < 4.78 is 4.32. The van der Waals surface area contributed by atoms with Crippen LogP contribution in [0, 0.1) is 0 Å². The number of nitrogens with two attached hydrogens (primary N) is 1. The molecule has 0 bridgehead atoms. The number of anilines is 2. The quantitative estimate of drug-likeness (QED) is 0.660. The van der Waals surface area contributed by atoms with E-state index in [0.29, 0.717) is 0 Å². The maximum absolute atomic E-state index is 10.7. The Morgan fingerprint density at radius 1 is 1.69 bits per heavy atom. The van der Waals surface area contributed by atoms with Gasteiger partial charge in [0.05, 0.1) is 7.11 Å². The Balaban J connectivity index is 2.83. The van der Waals surface area contributed by atoms with Crippen molar-refractivity contribution in [2.45, 2.75) is 0 Å². The van der Waals surface area contributed by atoms with E-state index >= 15 is 0 Å². The van der Waals surface area contributed by atoms with Crippen molar-refractivity contribution in [2.24, 2.45) is 0 Å². The summed E-state index contributed by atoms with van der Waals surface area (Å²) in [6, 6.07) is 1.37. The largest absolute Gasteiger partial charge is 0.453 e. The first-order valence-corrected chi connectivity index (χ1v) is 3.64. The smallest absolute Gasteiger partial charge is 0.413 e. The minimum Gasteiger partial charge on any atom is -0.453 e. The molecule has 0 aliphatic rings. The van der Waals surface area contributed by atoms with E-state index < -0.39 is 6.09 Å². The highest BCUT2D eigenvalue weighted by Gasteiger charge is 2.04. The molecule has 0 radical (unpaired) electrons. The van der Waals surface area contributed by atoms with Crippen LogP contribution in [0.3, 0.4) is 0 Å². The Bertz CT molecular complexity index is 310. The fourth-order valence-corrected chi connectivity index (χ4v) is 0.825. The van der Waals surface area contributed by atoms with Crippen LogP contribution < -0.4 is 11.1 Å². The number of nitrogens with zero attached hydrogens (tertiary/aromatic N) is 2. The molecule has 0 aromatic carbocycles. The van der Waals surface area contributed by atoms with Gasteiger partial charge in [0, 0.05) is 6.07 Å². The number of carbonyl (C=O) groups excluding carboxylic acids is 1. The fraction of sp³-hybridized carbons (Fsp3) is 0.167. The maximum Gasteiger partial charge on any atom is 0.413 e. The summed E-state index contributed by atoms with van der Waals surface area (Å²) in [7, 11) is 1.23. The van der Waals surface area contributed by atoms with E-state index in [1.165, 1.54) is 13.2 Å². The van der Waals surface area contributed by atoms with Gasteiger partial charge in [-0.25, -0.2) is 9.78 Å². The lowest BCUT2D eigenvalue weighted by Crippen LogP contribution is -2.14. The van der Waals surface area contributed by atoms with Gasteiger partial charge in [0.15, 0.2) is 0 Å². The maximum atomic E-state index is 10.7. The number of halogens is 1. The number of rotatable bonds is 1. The van der Waals surface area contributed by atoms with E-state index in [2.05, 4.69) is 20.0 Å². The third kappa shape index (κ3) is 2.75. The topological polar surface area (TPSA) is 90.1 Å². The second-order valence-corrected chi connectivity index (χ2v) is 2.44. The molecule has 0 saturated heterocycles. The Hall–Kier alpha value is -1.56. The Morgan fingerprint density at radius 3 is 2.92 bits per heavy atom. The van der Waals surface area contributed by atoms with E-state index in [-0.39, 0.29) is 16.9 Å². The minimum atomic E-state index is -0.679. The molecule has 0 spiro atoms.